The molecule has 0 saturated carbocycles. The Kier molecular flexibility index (Phi) is 5.09. The third-order valence-electron chi connectivity index (χ3n) is 3.44. The molecule has 8 heteroatoms. The van der Waals surface area contributed by atoms with Crippen LogP contribution < -0.4 is 5.73 Å². The van der Waals surface area contributed by atoms with Crippen LogP contribution in [0.25, 0.3) is 0 Å². The van der Waals surface area contributed by atoms with E-state index in [4.69, 9.17) is 5.73 Å². The molecule has 0 radical (unpaired) electrons. The highest BCUT2D eigenvalue weighted by Gasteiger charge is 2.23. The van der Waals surface area contributed by atoms with E-state index in [0.29, 0.717) is 0 Å². The van der Waals surface area contributed by atoms with Gasteiger partial charge in [-0.2, -0.15) is 4.31 Å². The van der Waals surface area contributed by atoms with Gasteiger partial charge in [-0.05, 0) is 17.7 Å². The number of rotatable bonds is 6. The molecule has 0 unspecified atom stereocenters. The SMILES string of the molecule is CN(C[C@H](N)c1ccccc1)S(=O)(=O)c1ccc([N+](=O)[O-])cc1. The van der Waals surface area contributed by atoms with Gasteiger partial charge in [-0.3, -0.25) is 10.1 Å². The Balaban J connectivity index is 2.16. The molecular formula is C15H17N3O4S. The number of hydrogen-bond donors (Lipinski definition) is 1. The fourth-order valence-corrected chi connectivity index (χ4v) is 3.30. The van der Waals surface area contributed by atoms with Crippen LogP contribution in [-0.4, -0.2) is 31.2 Å². The quantitative estimate of drug-likeness (QED) is 0.641. The molecule has 0 heterocycles. The van der Waals surface area contributed by atoms with Gasteiger partial charge in [0.25, 0.3) is 5.69 Å². The maximum atomic E-state index is 12.5. The van der Waals surface area contributed by atoms with E-state index in [1.165, 1.54) is 19.2 Å². The molecule has 0 aliphatic carbocycles. The van der Waals surface area contributed by atoms with E-state index in [0.717, 1.165) is 22.0 Å². The summed E-state index contributed by atoms with van der Waals surface area (Å²) >= 11 is 0. The molecule has 7 nitrogen and oxygen atoms in total. The summed E-state index contributed by atoms with van der Waals surface area (Å²) in [6.45, 7) is 0.101. The van der Waals surface area contributed by atoms with Crippen molar-refractivity contribution in [2.24, 2.45) is 5.73 Å². The third-order valence-corrected chi connectivity index (χ3v) is 5.27. The van der Waals surface area contributed by atoms with E-state index in [2.05, 4.69) is 0 Å². The van der Waals surface area contributed by atoms with Crippen molar-refractivity contribution in [3.05, 3.63) is 70.3 Å². The summed E-state index contributed by atoms with van der Waals surface area (Å²) in [5, 5.41) is 10.6. The van der Waals surface area contributed by atoms with Gasteiger partial charge in [0.1, 0.15) is 0 Å². The number of sulfonamides is 1. The molecule has 1 atom stereocenters. The largest absolute Gasteiger partial charge is 0.323 e. The molecule has 0 aliphatic rings. The van der Waals surface area contributed by atoms with Gasteiger partial charge in [0.05, 0.1) is 9.82 Å². The topological polar surface area (TPSA) is 107 Å². The van der Waals surface area contributed by atoms with Crippen LogP contribution in [0.5, 0.6) is 0 Å². The first-order chi connectivity index (χ1) is 10.8. The number of benzene rings is 2. The molecule has 0 bridgehead atoms. The average molecular weight is 335 g/mol. The first-order valence-corrected chi connectivity index (χ1v) is 8.27. The van der Waals surface area contributed by atoms with Crippen LogP contribution >= 0.6 is 0 Å². The van der Waals surface area contributed by atoms with Gasteiger partial charge in [0.15, 0.2) is 0 Å². The predicted octanol–water partition coefficient (Wildman–Crippen LogP) is 1.92. The fourth-order valence-electron chi connectivity index (χ4n) is 2.10. The average Bonchev–Trinajstić information content (AvgIpc) is 2.55. The maximum Gasteiger partial charge on any atom is 0.269 e. The number of nitrogens with zero attached hydrogens (tertiary/aromatic N) is 2. The number of nitrogens with two attached hydrogens (primary N) is 1. The first kappa shape index (κ1) is 17.1. The highest BCUT2D eigenvalue weighted by atomic mass is 32.2. The second-order valence-electron chi connectivity index (χ2n) is 5.05. The fraction of sp³-hybridized carbons (Fsp3) is 0.200. The Morgan fingerprint density at radius 1 is 1.13 bits per heavy atom. The molecule has 2 aromatic carbocycles. The minimum Gasteiger partial charge on any atom is -0.323 e. The smallest absolute Gasteiger partial charge is 0.269 e. The normalized spacial score (nSPS) is 13.0. The van der Waals surface area contributed by atoms with Crippen LogP contribution in [0.15, 0.2) is 59.5 Å². The Morgan fingerprint density at radius 3 is 2.22 bits per heavy atom. The summed E-state index contributed by atoms with van der Waals surface area (Å²) in [4.78, 5) is 10.0. The van der Waals surface area contributed by atoms with Crippen LogP contribution in [-0.2, 0) is 10.0 Å². The number of nitro groups is 1. The molecule has 0 aromatic heterocycles. The molecule has 0 fully saturated rings. The van der Waals surface area contributed by atoms with Crippen molar-refractivity contribution in [1.29, 1.82) is 0 Å². The summed E-state index contributed by atoms with van der Waals surface area (Å²) in [5.74, 6) is 0. The van der Waals surface area contributed by atoms with Gasteiger partial charge >= 0.3 is 0 Å². The van der Waals surface area contributed by atoms with Crippen molar-refractivity contribution < 1.29 is 13.3 Å². The zero-order valence-corrected chi connectivity index (χ0v) is 13.3. The molecule has 0 aliphatic heterocycles. The maximum absolute atomic E-state index is 12.5. The van der Waals surface area contributed by atoms with E-state index >= 15 is 0 Å². The van der Waals surface area contributed by atoms with Gasteiger partial charge in [-0.1, -0.05) is 30.3 Å². The molecular weight excluding hydrogens is 318 g/mol. The summed E-state index contributed by atoms with van der Waals surface area (Å²) in [6.07, 6.45) is 0. The Morgan fingerprint density at radius 2 is 1.70 bits per heavy atom. The highest BCUT2D eigenvalue weighted by molar-refractivity contribution is 7.89. The summed E-state index contributed by atoms with van der Waals surface area (Å²) < 4.78 is 26.1. The highest BCUT2D eigenvalue weighted by Crippen LogP contribution is 2.20. The summed E-state index contributed by atoms with van der Waals surface area (Å²) in [6, 6.07) is 13.5. The van der Waals surface area contributed by atoms with Crippen molar-refractivity contribution in [2.45, 2.75) is 10.9 Å². The molecule has 2 aromatic rings. The molecule has 0 spiro atoms. The van der Waals surface area contributed by atoms with Crippen LogP contribution in [0.2, 0.25) is 0 Å². The van der Waals surface area contributed by atoms with Gasteiger partial charge in [0.2, 0.25) is 10.0 Å². The second kappa shape index (κ2) is 6.86. The predicted molar refractivity (Wildman–Crippen MR) is 86.3 cm³/mol. The first-order valence-electron chi connectivity index (χ1n) is 6.83. The van der Waals surface area contributed by atoms with E-state index < -0.39 is 21.0 Å². The Bertz CT molecular complexity index is 776. The zero-order valence-electron chi connectivity index (χ0n) is 12.5. The van der Waals surface area contributed by atoms with Crippen LogP contribution in [0.1, 0.15) is 11.6 Å². The van der Waals surface area contributed by atoms with E-state index in [1.807, 2.05) is 30.3 Å². The second-order valence-corrected chi connectivity index (χ2v) is 7.10. The standard InChI is InChI=1S/C15H17N3O4S/c1-17(11-15(16)12-5-3-2-4-6-12)23(21,22)14-9-7-13(8-10-14)18(19)20/h2-10,15H,11,16H2,1H3/t15-/m0/s1. The van der Waals surface area contributed by atoms with E-state index in [-0.39, 0.29) is 17.1 Å². The van der Waals surface area contributed by atoms with Gasteiger partial charge in [0, 0.05) is 31.8 Å². The minimum absolute atomic E-state index is 0.00846. The number of non-ortho nitro benzene ring substituents is 1. The minimum atomic E-state index is -3.75. The van der Waals surface area contributed by atoms with Gasteiger partial charge < -0.3 is 5.73 Å². The van der Waals surface area contributed by atoms with Crippen molar-refractivity contribution in [3.63, 3.8) is 0 Å². The van der Waals surface area contributed by atoms with Crippen LogP contribution in [0, 0.1) is 10.1 Å². The lowest BCUT2D eigenvalue weighted by molar-refractivity contribution is -0.384. The molecule has 0 saturated heterocycles. The van der Waals surface area contributed by atoms with Crippen molar-refractivity contribution in [2.75, 3.05) is 13.6 Å². The van der Waals surface area contributed by atoms with Crippen molar-refractivity contribution in [1.82, 2.24) is 4.31 Å². The van der Waals surface area contributed by atoms with E-state index in [9.17, 15) is 18.5 Å². The molecule has 0 amide bonds. The number of nitro benzene ring substituents is 1. The lowest BCUT2D eigenvalue weighted by Gasteiger charge is -2.21. The van der Waals surface area contributed by atoms with Gasteiger partial charge in [-0.15, -0.1) is 0 Å². The lowest BCUT2D eigenvalue weighted by atomic mass is 10.1. The van der Waals surface area contributed by atoms with Gasteiger partial charge in [-0.25, -0.2) is 8.42 Å². The molecule has 23 heavy (non-hydrogen) atoms. The Hall–Kier alpha value is -2.29. The molecule has 122 valence electrons. The zero-order chi connectivity index (χ0) is 17.0. The van der Waals surface area contributed by atoms with E-state index in [1.54, 1.807) is 0 Å². The molecule has 2 N–H and O–H groups in total. The summed E-state index contributed by atoms with van der Waals surface area (Å²) in [5.41, 5.74) is 6.71. The van der Waals surface area contributed by atoms with Crippen LogP contribution in [0.3, 0.4) is 0 Å². The van der Waals surface area contributed by atoms with Crippen molar-refractivity contribution >= 4 is 15.7 Å². The monoisotopic (exact) mass is 335 g/mol. The number of likely N-dealkylation sites (N-methyl/N-ethyl adjacent to an activating group) is 1. The summed E-state index contributed by atoms with van der Waals surface area (Å²) in [7, 11) is -2.32. The molecule has 2 rings (SSSR count). The van der Waals surface area contributed by atoms with Crippen molar-refractivity contribution in [3.8, 4) is 0 Å². The third kappa shape index (κ3) is 3.92. The number of hydrogen-bond acceptors (Lipinski definition) is 5. The Labute approximate surface area is 134 Å². The lowest BCUT2D eigenvalue weighted by Crippen LogP contribution is -2.34. The van der Waals surface area contributed by atoms with Crippen LogP contribution in [0.4, 0.5) is 5.69 Å².